The third kappa shape index (κ3) is 6.75. The largest absolute Gasteiger partial charge is 0.348 e. The van der Waals surface area contributed by atoms with Gasteiger partial charge in [-0.2, -0.15) is 0 Å². The van der Waals surface area contributed by atoms with Crippen molar-refractivity contribution in [3.63, 3.8) is 0 Å². The highest BCUT2D eigenvalue weighted by Crippen LogP contribution is 2.21. The molecule has 1 saturated heterocycles. The molecule has 0 unspecified atom stereocenters. The number of hydrogen-bond acceptors (Lipinski definition) is 2. The molecule has 0 aliphatic carbocycles. The molecule has 0 aromatic heterocycles. The second kappa shape index (κ2) is 7.42. The summed E-state index contributed by atoms with van der Waals surface area (Å²) in [5.41, 5.74) is 0.148. The SMILES string of the molecule is C[NH+](C)CCCNC(=O)C(=O)NC1CC(C)(C)[NH2+]C(C)(C)C1. The van der Waals surface area contributed by atoms with Crippen molar-refractivity contribution >= 4 is 11.8 Å². The summed E-state index contributed by atoms with van der Waals surface area (Å²) in [6.07, 6.45) is 2.62. The van der Waals surface area contributed by atoms with E-state index in [1.165, 1.54) is 4.90 Å². The molecule has 0 bridgehead atoms. The molecule has 128 valence electrons. The molecule has 1 aliphatic rings. The number of amides is 2. The van der Waals surface area contributed by atoms with E-state index in [1.807, 2.05) is 0 Å². The molecule has 5 N–H and O–H groups in total. The topological polar surface area (TPSA) is 79.2 Å². The van der Waals surface area contributed by atoms with Gasteiger partial charge in [-0.3, -0.25) is 9.59 Å². The van der Waals surface area contributed by atoms with Gasteiger partial charge in [0, 0.05) is 31.8 Å². The summed E-state index contributed by atoms with van der Waals surface area (Å²) in [6.45, 7) is 10.2. The molecule has 2 amide bonds. The third-order valence-electron chi connectivity index (χ3n) is 4.01. The summed E-state index contributed by atoms with van der Waals surface area (Å²) in [5.74, 6) is -1.02. The van der Waals surface area contributed by atoms with Gasteiger partial charge < -0.3 is 20.9 Å². The van der Waals surface area contributed by atoms with E-state index >= 15 is 0 Å². The molecule has 6 heteroatoms. The summed E-state index contributed by atoms with van der Waals surface area (Å²) >= 11 is 0. The molecule has 1 fully saturated rings. The van der Waals surface area contributed by atoms with Crippen LogP contribution in [0.2, 0.25) is 0 Å². The van der Waals surface area contributed by atoms with Gasteiger partial charge in [-0.15, -0.1) is 0 Å². The van der Waals surface area contributed by atoms with E-state index in [4.69, 9.17) is 0 Å². The quantitative estimate of drug-likeness (QED) is 0.351. The van der Waals surface area contributed by atoms with E-state index in [0.717, 1.165) is 25.8 Å². The Morgan fingerprint density at radius 3 is 2.14 bits per heavy atom. The fraction of sp³-hybridized carbons (Fsp3) is 0.875. The van der Waals surface area contributed by atoms with Crippen molar-refractivity contribution in [1.29, 1.82) is 0 Å². The fourth-order valence-electron chi connectivity index (χ4n) is 3.60. The Morgan fingerprint density at radius 1 is 1.09 bits per heavy atom. The maximum atomic E-state index is 12.0. The van der Waals surface area contributed by atoms with Crippen LogP contribution >= 0.6 is 0 Å². The van der Waals surface area contributed by atoms with Crippen LogP contribution in [0.3, 0.4) is 0 Å². The van der Waals surface area contributed by atoms with E-state index in [9.17, 15) is 9.59 Å². The zero-order valence-electron chi connectivity index (χ0n) is 15.0. The van der Waals surface area contributed by atoms with Gasteiger partial charge in [0.05, 0.1) is 31.7 Å². The average Bonchev–Trinajstić information content (AvgIpc) is 2.29. The van der Waals surface area contributed by atoms with Gasteiger partial charge in [0.1, 0.15) is 0 Å². The van der Waals surface area contributed by atoms with Crippen LogP contribution in [0.15, 0.2) is 0 Å². The minimum Gasteiger partial charge on any atom is -0.348 e. The molecule has 0 spiro atoms. The van der Waals surface area contributed by atoms with Gasteiger partial charge in [-0.1, -0.05) is 0 Å². The first kappa shape index (κ1) is 18.9. The number of quaternary nitrogens is 2. The number of carbonyl (C=O) groups excluding carboxylic acids is 2. The Bertz CT molecular complexity index is 389. The lowest BCUT2D eigenvalue weighted by atomic mass is 9.79. The van der Waals surface area contributed by atoms with Crippen LogP contribution in [-0.4, -0.2) is 56.1 Å². The molecular weight excluding hydrogens is 280 g/mol. The predicted molar refractivity (Wildman–Crippen MR) is 86.6 cm³/mol. The Hall–Kier alpha value is -1.14. The molecule has 1 aliphatic heterocycles. The molecule has 0 radical (unpaired) electrons. The molecule has 22 heavy (non-hydrogen) atoms. The number of nitrogens with two attached hydrogens (primary N) is 1. The Kier molecular flexibility index (Phi) is 6.38. The van der Waals surface area contributed by atoms with Crippen molar-refractivity contribution in [3.8, 4) is 0 Å². The van der Waals surface area contributed by atoms with Crippen LogP contribution in [0, 0.1) is 0 Å². The summed E-state index contributed by atoms with van der Waals surface area (Å²) in [5, 5.41) is 7.95. The number of rotatable bonds is 5. The van der Waals surface area contributed by atoms with Crippen molar-refractivity contribution in [3.05, 3.63) is 0 Å². The molecule has 6 nitrogen and oxygen atoms in total. The minimum absolute atomic E-state index is 0.0551. The van der Waals surface area contributed by atoms with Crippen LogP contribution in [0.1, 0.15) is 47.0 Å². The maximum Gasteiger partial charge on any atom is 0.309 e. The highest BCUT2D eigenvalue weighted by atomic mass is 16.2. The molecule has 0 aromatic carbocycles. The number of nitrogens with one attached hydrogen (secondary N) is 3. The smallest absolute Gasteiger partial charge is 0.309 e. The monoisotopic (exact) mass is 314 g/mol. The number of hydrogen-bond donors (Lipinski definition) is 4. The molecule has 0 atom stereocenters. The lowest BCUT2D eigenvalue weighted by Crippen LogP contribution is -3.06. The van der Waals surface area contributed by atoms with Gasteiger partial charge in [-0.05, 0) is 27.7 Å². The molecular formula is C16H34N4O2+2. The van der Waals surface area contributed by atoms with Crippen molar-refractivity contribution in [1.82, 2.24) is 10.6 Å². The summed E-state index contributed by atoms with van der Waals surface area (Å²) in [7, 11) is 4.14. The average molecular weight is 314 g/mol. The fourth-order valence-corrected chi connectivity index (χ4v) is 3.60. The minimum atomic E-state index is -0.515. The summed E-state index contributed by atoms with van der Waals surface area (Å²) in [6, 6.07) is 0.0551. The van der Waals surface area contributed by atoms with Crippen LogP contribution in [0.4, 0.5) is 0 Å². The first-order valence-electron chi connectivity index (χ1n) is 8.25. The highest BCUT2D eigenvalue weighted by Gasteiger charge is 2.42. The number of piperidine rings is 1. The van der Waals surface area contributed by atoms with Crippen molar-refractivity contribution in [2.24, 2.45) is 0 Å². The van der Waals surface area contributed by atoms with Gasteiger partial charge in [0.2, 0.25) is 0 Å². The van der Waals surface area contributed by atoms with E-state index in [1.54, 1.807) is 0 Å². The second-order valence-electron chi connectivity index (χ2n) is 8.27. The second-order valence-corrected chi connectivity index (χ2v) is 8.27. The van der Waals surface area contributed by atoms with Crippen LogP contribution in [0.25, 0.3) is 0 Å². The first-order valence-corrected chi connectivity index (χ1v) is 8.25. The van der Waals surface area contributed by atoms with Crippen LogP contribution in [0.5, 0.6) is 0 Å². The Morgan fingerprint density at radius 2 is 1.64 bits per heavy atom. The first-order chi connectivity index (χ1) is 10.0. The molecule has 1 heterocycles. The predicted octanol–water partition coefficient (Wildman–Crippen LogP) is -1.96. The Balaban J connectivity index is 2.42. The van der Waals surface area contributed by atoms with Gasteiger partial charge in [-0.25, -0.2) is 0 Å². The lowest BCUT2D eigenvalue weighted by Gasteiger charge is -2.43. The molecule has 0 aromatic rings. The lowest BCUT2D eigenvalue weighted by molar-refractivity contribution is -0.858. The summed E-state index contributed by atoms with van der Waals surface area (Å²) < 4.78 is 0. The van der Waals surface area contributed by atoms with Gasteiger partial charge in [0.25, 0.3) is 0 Å². The maximum absolute atomic E-state index is 12.0. The standard InChI is InChI=1S/C16H32N4O2/c1-15(2)10-12(11-16(3,4)19-15)18-14(22)13(21)17-8-7-9-20(5)6/h12,19H,7-11H2,1-6H3,(H,17,21)(H,18,22)/p+2. The normalized spacial score (nSPS) is 20.7. The highest BCUT2D eigenvalue weighted by molar-refractivity contribution is 6.35. The molecule has 0 saturated carbocycles. The Labute approximate surface area is 134 Å². The van der Waals surface area contributed by atoms with Crippen molar-refractivity contribution < 1.29 is 19.8 Å². The third-order valence-corrected chi connectivity index (χ3v) is 4.01. The van der Waals surface area contributed by atoms with Gasteiger partial charge >= 0.3 is 11.8 Å². The zero-order chi connectivity index (χ0) is 17.0. The van der Waals surface area contributed by atoms with E-state index in [-0.39, 0.29) is 17.1 Å². The van der Waals surface area contributed by atoms with Crippen LogP contribution < -0.4 is 20.9 Å². The van der Waals surface area contributed by atoms with E-state index in [2.05, 4.69) is 57.7 Å². The summed E-state index contributed by atoms with van der Waals surface area (Å²) in [4.78, 5) is 25.2. The van der Waals surface area contributed by atoms with Crippen LogP contribution in [-0.2, 0) is 9.59 Å². The van der Waals surface area contributed by atoms with Crippen molar-refractivity contribution in [2.45, 2.75) is 64.1 Å². The van der Waals surface area contributed by atoms with E-state index in [0.29, 0.717) is 6.54 Å². The van der Waals surface area contributed by atoms with Gasteiger partial charge in [0.15, 0.2) is 0 Å². The van der Waals surface area contributed by atoms with E-state index < -0.39 is 11.8 Å². The zero-order valence-corrected chi connectivity index (χ0v) is 15.0. The number of carbonyl (C=O) groups is 2. The van der Waals surface area contributed by atoms with Crippen molar-refractivity contribution in [2.75, 3.05) is 27.2 Å². The molecule has 1 rings (SSSR count).